The quantitative estimate of drug-likeness (QED) is 0.839. The topological polar surface area (TPSA) is 49.4 Å². The molecule has 0 aliphatic carbocycles. The van der Waals surface area contributed by atoms with Gasteiger partial charge in [-0.25, -0.2) is 0 Å². The minimum atomic E-state index is -0.146. The van der Waals surface area contributed by atoms with Gasteiger partial charge in [-0.15, -0.1) is 11.8 Å². The fourth-order valence-electron chi connectivity index (χ4n) is 2.80. The molecule has 0 aromatic carbocycles. The van der Waals surface area contributed by atoms with E-state index in [0.717, 1.165) is 32.4 Å². The minimum Gasteiger partial charge on any atom is -0.330 e. The average molecular weight is 270 g/mol. The Morgan fingerprint density at radius 3 is 2.78 bits per heavy atom. The van der Waals surface area contributed by atoms with E-state index >= 15 is 0 Å². The van der Waals surface area contributed by atoms with Crippen LogP contribution in [0.25, 0.3) is 0 Å². The van der Waals surface area contributed by atoms with E-state index in [1.807, 2.05) is 18.9 Å². The molecular formula is C13H22N2O2S. The second-order valence-electron chi connectivity index (χ2n) is 5.19. The van der Waals surface area contributed by atoms with E-state index in [-0.39, 0.29) is 21.8 Å². The second-order valence-corrected chi connectivity index (χ2v) is 6.76. The number of rotatable bonds is 4. The van der Waals surface area contributed by atoms with Crippen molar-refractivity contribution in [3.05, 3.63) is 0 Å². The molecule has 1 amide bonds. The Bertz CT molecular complexity index is 340. The van der Waals surface area contributed by atoms with Gasteiger partial charge in [-0.3, -0.25) is 9.59 Å². The first-order valence-corrected chi connectivity index (χ1v) is 7.65. The van der Waals surface area contributed by atoms with Crippen LogP contribution < -0.4 is 5.32 Å². The molecular weight excluding hydrogens is 248 g/mol. The van der Waals surface area contributed by atoms with Crippen LogP contribution in [0, 0.1) is 0 Å². The number of thioether (sulfide) groups is 1. The summed E-state index contributed by atoms with van der Waals surface area (Å²) < 4.78 is 0. The van der Waals surface area contributed by atoms with E-state index in [1.54, 1.807) is 11.8 Å². The lowest BCUT2D eigenvalue weighted by molar-refractivity contribution is -0.132. The molecule has 18 heavy (non-hydrogen) atoms. The van der Waals surface area contributed by atoms with Crippen molar-refractivity contribution >= 4 is 23.5 Å². The van der Waals surface area contributed by atoms with E-state index in [9.17, 15) is 9.59 Å². The Kier molecular flexibility index (Phi) is 4.33. The normalized spacial score (nSPS) is 26.9. The average Bonchev–Trinajstić information content (AvgIpc) is 2.57. The van der Waals surface area contributed by atoms with Crippen LogP contribution in [0.5, 0.6) is 0 Å². The summed E-state index contributed by atoms with van der Waals surface area (Å²) in [5.41, 5.74) is 0. The predicted octanol–water partition coefficient (Wildman–Crippen LogP) is 1.40. The van der Waals surface area contributed by atoms with Crippen LogP contribution in [0.3, 0.4) is 0 Å². The van der Waals surface area contributed by atoms with Gasteiger partial charge in [0.1, 0.15) is 5.78 Å². The number of ketones is 1. The fourth-order valence-corrected chi connectivity index (χ4v) is 4.54. The number of nitrogens with zero attached hydrogens (tertiary/aromatic N) is 1. The van der Waals surface area contributed by atoms with Crippen LogP contribution in [0.4, 0.5) is 0 Å². The van der Waals surface area contributed by atoms with Crippen LogP contribution in [0.15, 0.2) is 0 Å². The summed E-state index contributed by atoms with van der Waals surface area (Å²) in [7, 11) is 1.89. The Balaban J connectivity index is 2.02. The molecule has 2 aliphatic rings. The number of carbonyl (C=O) groups is 2. The zero-order valence-corrected chi connectivity index (χ0v) is 12.0. The van der Waals surface area contributed by atoms with Crippen LogP contribution in [0.2, 0.25) is 0 Å². The first-order valence-electron chi connectivity index (χ1n) is 6.77. The van der Waals surface area contributed by atoms with Crippen molar-refractivity contribution in [3.8, 4) is 0 Å². The highest BCUT2D eigenvalue weighted by atomic mass is 32.2. The number of hydrogen-bond donors (Lipinski definition) is 1. The molecule has 0 radical (unpaired) electrons. The zero-order chi connectivity index (χ0) is 13.2. The summed E-state index contributed by atoms with van der Waals surface area (Å²) in [5.74, 6) is 0.370. The molecule has 1 N–H and O–H groups in total. The number of nitrogens with one attached hydrogen (secondary N) is 1. The first-order chi connectivity index (χ1) is 8.59. The Morgan fingerprint density at radius 2 is 2.17 bits per heavy atom. The molecule has 0 saturated carbocycles. The van der Waals surface area contributed by atoms with Crippen molar-refractivity contribution < 1.29 is 9.59 Å². The molecule has 0 aromatic heterocycles. The van der Waals surface area contributed by atoms with Crippen molar-refractivity contribution in [2.45, 2.75) is 49.1 Å². The molecule has 1 unspecified atom stereocenters. The van der Waals surface area contributed by atoms with Gasteiger partial charge in [0.15, 0.2) is 0 Å². The maximum atomic E-state index is 12.3. The van der Waals surface area contributed by atoms with Gasteiger partial charge in [0.2, 0.25) is 5.91 Å². The zero-order valence-electron chi connectivity index (χ0n) is 11.2. The largest absolute Gasteiger partial charge is 0.330 e. The number of Topliss-reactive ketones (excluding diaryl/α,β-unsaturated/α-hetero) is 1. The van der Waals surface area contributed by atoms with Crippen LogP contribution >= 0.6 is 11.8 Å². The van der Waals surface area contributed by atoms with E-state index in [0.29, 0.717) is 12.8 Å². The van der Waals surface area contributed by atoms with Gasteiger partial charge in [0, 0.05) is 19.9 Å². The second kappa shape index (κ2) is 5.61. The minimum absolute atomic E-state index is 0.0561. The van der Waals surface area contributed by atoms with Crippen molar-refractivity contribution in [1.29, 1.82) is 0 Å². The van der Waals surface area contributed by atoms with Gasteiger partial charge < -0.3 is 10.2 Å². The fraction of sp³-hybridized carbons (Fsp3) is 0.846. The van der Waals surface area contributed by atoms with Crippen molar-refractivity contribution in [3.63, 3.8) is 0 Å². The highest BCUT2D eigenvalue weighted by Gasteiger charge is 2.50. The van der Waals surface area contributed by atoms with Gasteiger partial charge >= 0.3 is 0 Å². The summed E-state index contributed by atoms with van der Waals surface area (Å²) >= 11 is 1.72. The SMILES string of the molecule is CCCC(=O)CC1SC2(CCNCC2)N(C)C1=O. The maximum absolute atomic E-state index is 12.3. The van der Waals surface area contributed by atoms with Crippen LogP contribution in [-0.2, 0) is 9.59 Å². The molecule has 2 fully saturated rings. The molecule has 2 rings (SSSR count). The molecule has 0 aromatic rings. The van der Waals surface area contributed by atoms with E-state index in [4.69, 9.17) is 0 Å². The molecule has 2 heterocycles. The van der Waals surface area contributed by atoms with Crippen LogP contribution in [0.1, 0.15) is 39.0 Å². The summed E-state index contributed by atoms with van der Waals surface area (Å²) in [6.07, 6.45) is 3.85. The van der Waals surface area contributed by atoms with Gasteiger partial charge in [-0.05, 0) is 32.4 Å². The third kappa shape index (κ3) is 2.57. The molecule has 4 nitrogen and oxygen atoms in total. The summed E-state index contributed by atoms with van der Waals surface area (Å²) in [6, 6.07) is 0. The lowest BCUT2D eigenvalue weighted by Crippen LogP contribution is -2.48. The number of amides is 1. The summed E-state index contributed by atoms with van der Waals surface area (Å²) in [4.78, 5) is 25.8. The highest BCUT2D eigenvalue weighted by molar-refractivity contribution is 8.02. The number of piperidine rings is 1. The Hall–Kier alpha value is -0.550. The molecule has 2 aliphatic heterocycles. The first kappa shape index (κ1) is 13.9. The molecule has 2 saturated heterocycles. The molecule has 0 bridgehead atoms. The Labute approximate surface area is 113 Å². The lowest BCUT2D eigenvalue weighted by Gasteiger charge is -2.38. The highest BCUT2D eigenvalue weighted by Crippen LogP contribution is 2.47. The van der Waals surface area contributed by atoms with Gasteiger partial charge in [-0.1, -0.05) is 6.92 Å². The van der Waals surface area contributed by atoms with E-state index in [1.165, 1.54) is 0 Å². The van der Waals surface area contributed by atoms with Crippen molar-refractivity contribution in [2.75, 3.05) is 20.1 Å². The number of carbonyl (C=O) groups excluding carboxylic acids is 2. The van der Waals surface area contributed by atoms with Gasteiger partial charge in [-0.2, -0.15) is 0 Å². The monoisotopic (exact) mass is 270 g/mol. The molecule has 1 spiro atoms. The molecule has 5 heteroatoms. The third-order valence-electron chi connectivity index (χ3n) is 3.91. The van der Waals surface area contributed by atoms with E-state index in [2.05, 4.69) is 5.32 Å². The summed E-state index contributed by atoms with van der Waals surface area (Å²) in [6.45, 7) is 3.92. The van der Waals surface area contributed by atoms with Gasteiger partial charge in [0.25, 0.3) is 0 Å². The molecule has 102 valence electrons. The van der Waals surface area contributed by atoms with Crippen LogP contribution in [-0.4, -0.2) is 46.8 Å². The molecule has 1 atom stereocenters. The van der Waals surface area contributed by atoms with Crippen molar-refractivity contribution in [2.24, 2.45) is 0 Å². The number of hydrogen-bond acceptors (Lipinski definition) is 4. The maximum Gasteiger partial charge on any atom is 0.237 e. The van der Waals surface area contributed by atoms with E-state index < -0.39 is 0 Å². The standard InChI is InChI=1S/C13H22N2O2S/c1-3-4-10(16)9-11-12(17)15(2)13(18-11)5-7-14-8-6-13/h11,14H,3-9H2,1-2H3. The summed E-state index contributed by atoms with van der Waals surface area (Å²) in [5, 5.41) is 3.18. The van der Waals surface area contributed by atoms with Crippen molar-refractivity contribution in [1.82, 2.24) is 10.2 Å². The lowest BCUT2D eigenvalue weighted by atomic mass is 10.0. The smallest absolute Gasteiger partial charge is 0.237 e. The van der Waals surface area contributed by atoms with Gasteiger partial charge in [0.05, 0.1) is 10.1 Å². The third-order valence-corrected chi connectivity index (χ3v) is 5.68. The predicted molar refractivity (Wildman–Crippen MR) is 73.5 cm³/mol. The Morgan fingerprint density at radius 1 is 1.50 bits per heavy atom.